The molecular weight excluding hydrogens is 336 g/mol. The van der Waals surface area contributed by atoms with E-state index in [1.54, 1.807) is 0 Å². The number of fused-ring (bicyclic) bond motifs is 1. The molecule has 2 aromatic carbocycles. The molecule has 4 rings (SSSR count). The molecule has 1 aliphatic heterocycles. The van der Waals surface area contributed by atoms with Gasteiger partial charge in [0.2, 0.25) is 5.89 Å². The van der Waals surface area contributed by atoms with Gasteiger partial charge in [-0.05, 0) is 42.2 Å². The van der Waals surface area contributed by atoms with Crippen molar-refractivity contribution >= 4 is 23.0 Å². The number of aliphatic imine (C=N–C) groups is 1. The minimum Gasteiger partial charge on any atom is -0.479 e. The molecule has 0 saturated carbocycles. The lowest BCUT2D eigenvalue weighted by atomic mass is 9.87. The Hall–Kier alpha value is -3.14. The molecule has 0 atom stereocenters. The smallest absolute Gasteiger partial charge is 0.310 e. The minimum absolute atomic E-state index is 0.0829. The Morgan fingerprint density at radius 2 is 1.70 bits per heavy atom. The number of hydrogen-bond acceptors (Lipinski definition) is 4. The maximum Gasteiger partial charge on any atom is 0.310 e. The van der Waals surface area contributed by atoms with Crippen molar-refractivity contribution in [1.82, 2.24) is 4.98 Å². The zero-order valence-corrected chi connectivity index (χ0v) is 15.9. The van der Waals surface area contributed by atoms with Crippen LogP contribution in [0.25, 0.3) is 23.1 Å². The van der Waals surface area contributed by atoms with Crippen molar-refractivity contribution in [3.05, 3.63) is 65.4 Å². The van der Waals surface area contributed by atoms with Crippen molar-refractivity contribution < 1.29 is 9.52 Å². The van der Waals surface area contributed by atoms with E-state index in [1.807, 2.05) is 49.4 Å². The third-order valence-corrected chi connectivity index (χ3v) is 4.79. The predicted molar refractivity (Wildman–Crippen MR) is 109 cm³/mol. The third-order valence-electron chi connectivity index (χ3n) is 4.79. The van der Waals surface area contributed by atoms with E-state index < -0.39 is 0 Å². The highest BCUT2D eigenvalue weighted by Gasteiger charge is 2.20. The molecule has 0 fully saturated rings. The summed E-state index contributed by atoms with van der Waals surface area (Å²) in [6.45, 7) is 8.47. The fourth-order valence-corrected chi connectivity index (χ4v) is 3.21. The summed E-state index contributed by atoms with van der Waals surface area (Å²) in [6, 6.07) is 16.0. The van der Waals surface area contributed by atoms with E-state index in [0.29, 0.717) is 11.6 Å². The molecule has 27 heavy (non-hydrogen) atoms. The van der Waals surface area contributed by atoms with Gasteiger partial charge in [0.05, 0.1) is 5.69 Å². The fourth-order valence-electron chi connectivity index (χ4n) is 3.21. The molecule has 1 aliphatic rings. The SMILES string of the molecule is CC1=Nc2ccccc2/C1=C/c1nc(-c2ccc(C(C)(C)C)cc2)oc1O. The van der Waals surface area contributed by atoms with Gasteiger partial charge in [-0.2, -0.15) is 0 Å². The lowest BCUT2D eigenvalue weighted by Crippen LogP contribution is -2.10. The number of allylic oxidation sites excluding steroid dienone is 1. The second kappa shape index (κ2) is 6.23. The zero-order chi connectivity index (χ0) is 19.2. The van der Waals surface area contributed by atoms with E-state index in [4.69, 9.17) is 4.42 Å². The van der Waals surface area contributed by atoms with Gasteiger partial charge < -0.3 is 9.52 Å². The van der Waals surface area contributed by atoms with Gasteiger partial charge in [0.15, 0.2) is 0 Å². The number of benzene rings is 2. The average Bonchev–Trinajstić information content (AvgIpc) is 3.15. The van der Waals surface area contributed by atoms with Crippen LogP contribution in [-0.4, -0.2) is 15.8 Å². The molecule has 1 aromatic heterocycles. The maximum absolute atomic E-state index is 10.3. The number of aromatic nitrogens is 1. The molecule has 4 heteroatoms. The first-order valence-corrected chi connectivity index (χ1v) is 9.00. The maximum atomic E-state index is 10.3. The van der Waals surface area contributed by atoms with Gasteiger partial charge in [0, 0.05) is 22.4 Å². The number of para-hydroxylation sites is 1. The Bertz CT molecular complexity index is 1060. The average molecular weight is 358 g/mol. The summed E-state index contributed by atoms with van der Waals surface area (Å²) < 4.78 is 5.52. The molecule has 2 heterocycles. The second-order valence-electron chi connectivity index (χ2n) is 7.81. The van der Waals surface area contributed by atoms with Crippen molar-refractivity contribution in [1.29, 1.82) is 0 Å². The van der Waals surface area contributed by atoms with Crippen molar-refractivity contribution in [2.75, 3.05) is 0 Å². The predicted octanol–water partition coefficient (Wildman–Crippen LogP) is 5.99. The van der Waals surface area contributed by atoms with Crippen LogP contribution in [-0.2, 0) is 5.41 Å². The van der Waals surface area contributed by atoms with Crippen LogP contribution in [0, 0.1) is 0 Å². The van der Waals surface area contributed by atoms with E-state index in [0.717, 1.165) is 28.1 Å². The van der Waals surface area contributed by atoms with Gasteiger partial charge in [-0.1, -0.05) is 51.1 Å². The lowest BCUT2D eigenvalue weighted by Gasteiger charge is -2.18. The molecule has 0 aliphatic carbocycles. The zero-order valence-electron chi connectivity index (χ0n) is 15.9. The normalized spacial score (nSPS) is 15.1. The van der Waals surface area contributed by atoms with Crippen LogP contribution in [0.2, 0.25) is 0 Å². The molecule has 1 N–H and O–H groups in total. The van der Waals surface area contributed by atoms with E-state index in [9.17, 15) is 5.11 Å². The van der Waals surface area contributed by atoms with Gasteiger partial charge in [-0.15, -0.1) is 0 Å². The molecule has 0 bridgehead atoms. The molecule has 4 nitrogen and oxygen atoms in total. The monoisotopic (exact) mass is 358 g/mol. The molecule has 3 aromatic rings. The highest BCUT2D eigenvalue weighted by molar-refractivity contribution is 6.31. The summed E-state index contributed by atoms with van der Waals surface area (Å²) in [5.41, 5.74) is 6.37. The van der Waals surface area contributed by atoms with Crippen LogP contribution in [0.5, 0.6) is 5.95 Å². The summed E-state index contributed by atoms with van der Waals surface area (Å²) in [4.78, 5) is 9.06. The molecule has 0 saturated heterocycles. The van der Waals surface area contributed by atoms with Crippen LogP contribution in [0.4, 0.5) is 5.69 Å². The Morgan fingerprint density at radius 1 is 1.00 bits per heavy atom. The Labute approximate surface area is 158 Å². The first kappa shape index (κ1) is 17.3. The Balaban J connectivity index is 1.70. The highest BCUT2D eigenvalue weighted by atomic mass is 16.5. The van der Waals surface area contributed by atoms with E-state index in [-0.39, 0.29) is 11.4 Å². The Kier molecular flexibility index (Phi) is 3.99. The van der Waals surface area contributed by atoms with Gasteiger partial charge >= 0.3 is 5.95 Å². The van der Waals surface area contributed by atoms with Crippen LogP contribution < -0.4 is 0 Å². The summed E-state index contributed by atoms with van der Waals surface area (Å²) in [5.74, 6) is 0.218. The minimum atomic E-state index is -0.186. The number of rotatable bonds is 2. The van der Waals surface area contributed by atoms with E-state index >= 15 is 0 Å². The first-order chi connectivity index (χ1) is 12.8. The number of oxazole rings is 1. The fraction of sp³-hybridized carbons (Fsp3) is 0.217. The lowest BCUT2D eigenvalue weighted by molar-refractivity contribution is 0.336. The number of hydrogen-bond donors (Lipinski definition) is 1. The molecule has 0 spiro atoms. The first-order valence-electron chi connectivity index (χ1n) is 9.00. The Morgan fingerprint density at radius 3 is 2.41 bits per heavy atom. The molecule has 0 amide bonds. The molecule has 0 unspecified atom stereocenters. The van der Waals surface area contributed by atoms with Crippen molar-refractivity contribution in [2.24, 2.45) is 4.99 Å². The largest absolute Gasteiger partial charge is 0.479 e. The quantitative estimate of drug-likeness (QED) is 0.612. The van der Waals surface area contributed by atoms with Crippen LogP contribution in [0.1, 0.15) is 44.5 Å². The van der Waals surface area contributed by atoms with Gasteiger partial charge in [0.25, 0.3) is 0 Å². The van der Waals surface area contributed by atoms with Crippen molar-refractivity contribution in [3.8, 4) is 17.4 Å². The van der Waals surface area contributed by atoms with Crippen LogP contribution >= 0.6 is 0 Å². The highest BCUT2D eigenvalue weighted by Crippen LogP contribution is 2.37. The molecular formula is C23H22N2O2. The van der Waals surface area contributed by atoms with Crippen molar-refractivity contribution in [2.45, 2.75) is 33.1 Å². The topological polar surface area (TPSA) is 58.6 Å². The molecule has 136 valence electrons. The van der Waals surface area contributed by atoms with Gasteiger partial charge in [-0.25, -0.2) is 4.98 Å². The standard InChI is InChI=1S/C23H22N2O2/c1-14-18(17-7-5-6-8-19(17)24-14)13-20-22(26)27-21(25-20)15-9-11-16(12-10-15)23(2,3)4/h5-13,26H,1-4H3/b18-13+. The van der Waals surface area contributed by atoms with Gasteiger partial charge in [-0.3, -0.25) is 4.99 Å². The van der Waals surface area contributed by atoms with E-state index in [2.05, 4.69) is 42.9 Å². The molecule has 0 radical (unpaired) electrons. The second-order valence-corrected chi connectivity index (χ2v) is 7.81. The van der Waals surface area contributed by atoms with Crippen LogP contribution in [0.15, 0.2) is 57.9 Å². The van der Waals surface area contributed by atoms with E-state index in [1.165, 1.54) is 5.56 Å². The van der Waals surface area contributed by atoms with Crippen molar-refractivity contribution in [3.63, 3.8) is 0 Å². The third kappa shape index (κ3) is 3.19. The van der Waals surface area contributed by atoms with Gasteiger partial charge in [0.1, 0.15) is 5.69 Å². The summed E-state index contributed by atoms with van der Waals surface area (Å²) in [7, 11) is 0. The number of aromatic hydroxyl groups is 1. The van der Waals surface area contributed by atoms with Crippen LogP contribution in [0.3, 0.4) is 0 Å². The summed E-state index contributed by atoms with van der Waals surface area (Å²) in [5, 5.41) is 10.3. The summed E-state index contributed by atoms with van der Waals surface area (Å²) in [6.07, 6.45) is 1.83. The number of nitrogens with zero attached hydrogens (tertiary/aromatic N) is 2. The summed E-state index contributed by atoms with van der Waals surface area (Å²) >= 11 is 0.